The molecule has 1 aromatic heterocycles. The van der Waals surface area contributed by atoms with Gasteiger partial charge in [-0.3, -0.25) is 0 Å². The molecule has 3 aromatic rings. The molecule has 0 fully saturated rings. The Bertz CT molecular complexity index is 902. The molecule has 2 aromatic carbocycles. The molecule has 0 saturated carbocycles. The molecular formula is C17H13N3O3. The molecule has 1 aliphatic rings. The highest BCUT2D eigenvalue weighted by Crippen LogP contribution is 2.33. The van der Waals surface area contributed by atoms with Gasteiger partial charge in [-0.05, 0) is 24.3 Å². The highest BCUT2D eigenvalue weighted by Gasteiger charge is 2.26. The number of carbonyl (C=O) groups excluding carboxylic acids is 1. The van der Waals surface area contributed by atoms with E-state index in [0.717, 1.165) is 5.56 Å². The number of benzene rings is 2. The Hall–Kier alpha value is -3.15. The van der Waals surface area contributed by atoms with E-state index in [1.54, 1.807) is 23.9 Å². The smallest absolute Gasteiger partial charge is 0.340 e. The van der Waals surface area contributed by atoms with Crippen LogP contribution in [-0.2, 0) is 11.3 Å². The highest BCUT2D eigenvalue weighted by atomic mass is 16.5. The third-order valence-corrected chi connectivity index (χ3v) is 3.82. The molecule has 1 aliphatic heterocycles. The second-order valence-electron chi connectivity index (χ2n) is 5.09. The molecule has 2 heterocycles. The topological polar surface area (TPSA) is 66.2 Å². The summed E-state index contributed by atoms with van der Waals surface area (Å²) in [6.07, 6.45) is 0. The first-order chi connectivity index (χ1) is 11.3. The van der Waals surface area contributed by atoms with E-state index in [4.69, 9.17) is 9.47 Å². The van der Waals surface area contributed by atoms with Crippen molar-refractivity contribution in [3.05, 3.63) is 59.8 Å². The number of nitrogens with zero attached hydrogens (tertiary/aromatic N) is 3. The van der Waals surface area contributed by atoms with Crippen molar-refractivity contribution < 1.29 is 14.3 Å². The minimum Gasteiger partial charge on any atom is -0.496 e. The third kappa shape index (κ3) is 2.07. The number of hydrogen-bond donors (Lipinski definition) is 0. The molecule has 0 saturated heterocycles. The van der Waals surface area contributed by atoms with Gasteiger partial charge in [-0.1, -0.05) is 29.5 Å². The standard InChI is InChI=1S/C17H13N3O3/c1-22-15-9-5-3-7-12(15)16-14-10-23-17(21)11-6-2-4-8-13(11)20(14)19-18-16/h2-9H,10H2,1H3. The number of cyclic esters (lactones) is 1. The second kappa shape index (κ2) is 5.24. The normalized spacial score (nSPS) is 12.8. The molecular weight excluding hydrogens is 294 g/mol. The van der Waals surface area contributed by atoms with E-state index in [0.29, 0.717) is 28.4 Å². The molecule has 0 aliphatic carbocycles. The first-order valence-electron chi connectivity index (χ1n) is 7.14. The van der Waals surface area contributed by atoms with Gasteiger partial charge < -0.3 is 9.47 Å². The Morgan fingerprint density at radius 3 is 2.65 bits per heavy atom. The summed E-state index contributed by atoms with van der Waals surface area (Å²) in [5, 5.41) is 8.51. The van der Waals surface area contributed by atoms with Gasteiger partial charge >= 0.3 is 5.97 Å². The SMILES string of the molecule is COc1ccccc1-c1nnn2c1COC(=O)c1ccccc1-2. The van der Waals surface area contributed by atoms with Crippen LogP contribution in [0, 0.1) is 0 Å². The molecule has 4 rings (SSSR count). The van der Waals surface area contributed by atoms with Gasteiger partial charge in [0.1, 0.15) is 23.7 Å². The predicted octanol–water partition coefficient (Wildman–Crippen LogP) is 2.61. The van der Waals surface area contributed by atoms with Gasteiger partial charge in [0.2, 0.25) is 0 Å². The van der Waals surface area contributed by atoms with Crippen LogP contribution in [0.3, 0.4) is 0 Å². The van der Waals surface area contributed by atoms with Crippen molar-refractivity contribution in [2.45, 2.75) is 6.61 Å². The van der Waals surface area contributed by atoms with E-state index >= 15 is 0 Å². The lowest BCUT2D eigenvalue weighted by Gasteiger charge is -2.07. The van der Waals surface area contributed by atoms with Crippen LogP contribution < -0.4 is 4.74 Å². The molecule has 6 nitrogen and oxygen atoms in total. The summed E-state index contributed by atoms with van der Waals surface area (Å²) < 4.78 is 12.4. The molecule has 0 N–H and O–H groups in total. The molecule has 0 radical (unpaired) electrons. The van der Waals surface area contributed by atoms with Crippen LogP contribution >= 0.6 is 0 Å². The fourth-order valence-corrected chi connectivity index (χ4v) is 2.72. The van der Waals surface area contributed by atoms with Crippen LogP contribution in [0.5, 0.6) is 5.75 Å². The van der Waals surface area contributed by atoms with Crippen molar-refractivity contribution in [3.8, 4) is 22.7 Å². The van der Waals surface area contributed by atoms with E-state index in [1.807, 2.05) is 36.4 Å². The summed E-state index contributed by atoms with van der Waals surface area (Å²) in [7, 11) is 1.61. The van der Waals surface area contributed by atoms with Crippen molar-refractivity contribution >= 4 is 5.97 Å². The number of rotatable bonds is 2. The van der Waals surface area contributed by atoms with Gasteiger partial charge in [0.25, 0.3) is 0 Å². The maximum absolute atomic E-state index is 12.1. The van der Waals surface area contributed by atoms with Crippen LogP contribution in [0.15, 0.2) is 48.5 Å². The Kier molecular flexibility index (Phi) is 3.08. The van der Waals surface area contributed by atoms with Crippen LogP contribution in [0.2, 0.25) is 0 Å². The number of para-hydroxylation sites is 2. The Morgan fingerprint density at radius 1 is 1.09 bits per heavy atom. The van der Waals surface area contributed by atoms with Gasteiger partial charge in [0.15, 0.2) is 0 Å². The number of methoxy groups -OCH3 is 1. The monoisotopic (exact) mass is 307 g/mol. The maximum atomic E-state index is 12.1. The lowest BCUT2D eigenvalue weighted by Crippen LogP contribution is -2.04. The summed E-state index contributed by atoms with van der Waals surface area (Å²) in [4.78, 5) is 12.1. The highest BCUT2D eigenvalue weighted by molar-refractivity contribution is 5.94. The summed E-state index contributed by atoms with van der Waals surface area (Å²) in [6.45, 7) is 0.105. The first kappa shape index (κ1) is 13.5. The molecule has 0 atom stereocenters. The van der Waals surface area contributed by atoms with Crippen LogP contribution in [0.25, 0.3) is 16.9 Å². The number of ether oxygens (including phenoxy) is 2. The van der Waals surface area contributed by atoms with Gasteiger partial charge in [0.05, 0.1) is 18.4 Å². The summed E-state index contributed by atoms with van der Waals surface area (Å²) in [5.74, 6) is 0.330. The van der Waals surface area contributed by atoms with Crippen LogP contribution in [-0.4, -0.2) is 28.1 Å². The predicted molar refractivity (Wildman–Crippen MR) is 82.5 cm³/mol. The van der Waals surface area contributed by atoms with Crippen molar-refractivity contribution in [2.24, 2.45) is 0 Å². The zero-order chi connectivity index (χ0) is 15.8. The van der Waals surface area contributed by atoms with E-state index < -0.39 is 0 Å². The molecule has 114 valence electrons. The Morgan fingerprint density at radius 2 is 1.83 bits per heavy atom. The van der Waals surface area contributed by atoms with Gasteiger partial charge in [0, 0.05) is 5.56 Å². The maximum Gasteiger partial charge on any atom is 0.340 e. The van der Waals surface area contributed by atoms with E-state index in [1.165, 1.54) is 0 Å². The van der Waals surface area contributed by atoms with Gasteiger partial charge in [-0.25, -0.2) is 9.48 Å². The van der Waals surface area contributed by atoms with Crippen molar-refractivity contribution in [1.29, 1.82) is 0 Å². The fourth-order valence-electron chi connectivity index (χ4n) is 2.72. The number of fused-ring (bicyclic) bond motifs is 3. The second-order valence-corrected chi connectivity index (χ2v) is 5.09. The fraction of sp³-hybridized carbons (Fsp3) is 0.118. The first-order valence-corrected chi connectivity index (χ1v) is 7.14. The summed E-state index contributed by atoms with van der Waals surface area (Å²) in [6, 6.07) is 14.7. The minimum atomic E-state index is -0.364. The number of aromatic nitrogens is 3. The molecule has 0 amide bonds. The molecule has 6 heteroatoms. The van der Waals surface area contributed by atoms with E-state index in [2.05, 4.69) is 10.3 Å². The van der Waals surface area contributed by atoms with Crippen molar-refractivity contribution in [1.82, 2.24) is 15.0 Å². The Labute approximate surface area is 132 Å². The molecule has 23 heavy (non-hydrogen) atoms. The lowest BCUT2D eigenvalue weighted by molar-refractivity contribution is 0.0476. The average Bonchev–Trinajstić information content (AvgIpc) is 2.97. The quantitative estimate of drug-likeness (QED) is 0.681. The zero-order valence-electron chi connectivity index (χ0n) is 12.4. The molecule has 0 bridgehead atoms. The van der Waals surface area contributed by atoms with E-state index in [9.17, 15) is 4.79 Å². The molecule has 0 unspecified atom stereocenters. The average molecular weight is 307 g/mol. The third-order valence-electron chi connectivity index (χ3n) is 3.82. The van der Waals surface area contributed by atoms with Gasteiger partial charge in [-0.2, -0.15) is 0 Å². The number of esters is 1. The largest absolute Gasteiger partial charge is 0.496 e. The van der Waals surface area contributed by atoms with E-state index in [-0.39, 0.29) is 12.6 Å². The van der Waals surface area contributed by atoms with Crippen molar-refractivity contribution in [3.63, 3.8) is 0 Å². The van der Waals surface area contributed by atoms with Crippen LogP contribution in [0.1, 0.15) is 16.1 Å². The minimum absolute atomic E-state index is 0.105. The number of carbonyl (C=O) groups is 1. The van der Waals surface area contributed by atoms with Crippen LogP contribution in [0.4, 0.5) is 0 Å². The summed E-state index contributed by atoms with van der Waals surface area (Å²) >= 11 is 0. The lowest BCUT2D eigenvalue weighted by atomic mass is 10.1. The Balaban J connectivity index is 1.94. The zero-order valence-corrected chi connectivity index (χ0v) is 12.4. The summed E-state index contributed by atoms with van der Waals surface area (Å²) in [5.41, 5.74) is 3.31. The van der Waals surface area contributed by atoms with Crippen molar-refractivity contribution in [2.75, 3.05) is 7.11 Å². The van der Waals surface area contributed by atoms with Gasteiger partial charge in [-0.15, -0.1) is 5.10 Å². The number of hydrogen-bond acceptors (Lipinski definition) is 5. The molecule has 0 spiro atoms.